The summed E-state index contributed by atoms with van der Waals surface area (Å²) in [6, 6.07) is -0.547. The number of allylic oxidation sites excluding steroid dienone is 1. The van der Waals surface area contributed by atoms with Crippen molar-refractivity contribution in [3.8, 4) is 0 Å². The second-order valence-electron chi connectivity index (χ2n) is 6.66. The van der Waals surface area contributed by atoms with Crippen molar-refractivity contribution in [2.24, 2.45) is 11.8 Å². The molecular formula is C18H34N2O3. The highest BCUT2D eigenvalue weighted by molar-refractivity contribution is 5.85. The average Bonchev–Trinajstić information content (AvgIpc) is 2.45. The number of nitrogens with one attached hydrogen (secondary N) is 2. The smallest absolute Gasteiger partial charge is 0.408 e. The molecule has 0 fully saturated rings. The van der Waals surface area contributed by atoms with Crippen LogP contribution in [-0.2, 0) is 9.53 Å². The minimum Gasteiger partial charge on any atom is -0.445 e. The number of hydrogen-bond donors (Lipinski definition) is 2. The molecule has 0 saturated carbocycles. The molecule has 0 aromatic carbocycles. The number of amides is 2. The molecule has 0 bridgehead atoms. The second kappa shape index (κ2) is 13.0. The number of carbonyl (C=O) groups is 2. The van der Waals surface area contributed by atoms with Crippen LogP contribution in [0.5, 0.6) is 0 Å². The van der Waals surface area contributed by atoms with Crippen molar-refractivity contribution < 1.29 is 14.3 Å². The molecule has 0 unspecified atom stereocenters. The largest absolute Gasteiger partial charge is 0.445 e. The van der Waals surface area contributed by atoms with E-state index in [1.807, 2.05) is 26.0 Å². The Balaban J connectivity index is 4.31. The third-order valence-electron chi connectivity index (χ3n) is 3.27. The Morgan fingerprint density at radius 2 is 1.78 bits per heavy atom. The van der Waals surface area contributed by atoms with Crippen LogP contribution in [-0.4, -0.2) is 31.2 Å². The van der Waals surface area contributed by atoms with Crippen LogP contribution in [0.1, 0.15) is 60.3 Å². The van der Waals surface area contributed by atoms with Gasteiger partial charge in [-0.05, 0) is 31.1 Å². The summed E-state index contributed by atoms with van der Waals surface area (Å²) in [7, 11) is 0. The van der Waals surface area contributed by atoms with Gasteiger partial charge in [-0.3, -0.25) is 4.79 Å². The van der Waals surface area contributed by atoms with E-state index in [4.69, 9.17) is 4.74 Å². The van der Waals surface area contributed by atoms with Gasteiger partial charge in [-0.25, -0.2) is 4.79 Å². The minimum absolute atomic E-state index is 0.141. The predicted molar refractivity (Wildman–Crippen MR) is 94.2 cm³/mol. The molecule has 0 heterocycles. The van der Waals surface area contributed by atoms with E-state index in [1.54, 1.807) is 0 Å². The van der Waals surface area contributed by atoms with Gasteiger partial charge in [0.25, 0.3) is 0 Å². The molecule has 0 radical (unpaired) electrons. The monoisotopic (exact) mass is 326 g/mol. The molecular weight excluding hydrogens is 292 g/mol. The third kappa shape index (κ3) is 12.7. The van der Waals surface area contributed by atoms with Gasteiger partial charge in [-0.1, -0.05) is 53.2 Å². The normalized spacial score (nSPS) is 12.7. The van der Waals surface area contributed by atoms with Gasteiger partial charge in [-0.2, -0.15) is 0 Å². The van der Waals surface area contributed by atoms with Crippen molar-refractivity contribution in [3.63, 3.8) is 0 Å². The molecule has 1 atom stereocenters. The number of rotatable bonds is 11. The van der Waals surface area contributed by atoms with Crippen LogP contribution in [0.15, 0.2) is 12.2 Å². The lowest BCUT2D eigenvalue weighted by Gasteiger charge is -2.20. The van der Waals surface area contributed by atoms with E-state index in [0.717, 1.165) is 19.3 Å². The zero-order chi connectivity index (χ0) is 17.7. The van der Waals surface area contributed by atoms with E-state index < -0.39 is 12.1 Å². The Morgan fingerprint density at radius 3 is 2.35 bits per heavy atom. The first-order chi connectivity index (χ1) is 10.9. The van der Waals surface area contributed by atoms with Crippen LogP contribution in [0.25, 0.3) is 0 Å². The maximum atomic E-state index is 12.2. The van der Waals surface area contributed by atoms with Gasteiger partial charge in [-0.15, -0.1) is 0 Å². The van der Waals surface area contributed by atoms with Gasteiger partial charge < -0.3 is 15.4 Å². The molecule has 2 amide bonds. The molecule has 2 N–H and O–H groups in total. The highest BCUT2D eigenvalue weighted by Crippen LogP contribution is 2.06. The fourth-order valence-corrected chi connectivity index (χ4v) is 1.97. The van der Waals surface area contributed by atoms with E-state index in [2.05, 4.69) is 31.4 Å². The average molecular weight is 326 g/mol. The SMILES string of the molecule is CCCC=CCOC(=O)N[C@@H](CC(C)C)C(=O)NCCC(C)C. The quantitative estimate of drug-likeness (QED) is 0.570. The first-order valence-electron chi connectivity index (χ1n) is 8.72. The first kappa shape index (κ1) is 21.5. The zero-order valence-electron chi connectivity index (χ0n) is 15.4. The summed E-state index contributed by atoms with van der Waals surface area (Å²) < 4.78 is 5.08. The second-order valence-corrected chi connectivity index (χ2v) is 6.66. The molecule has 0 aliphatic rings. The fourth-order valence-electron chi connectivity index (χ4n) is 1.97. The van der Waals surface area contributed by atoms with E-state index in [0.29, 0.717) is 24.8 Å². The summed E-state index contributed by atoms with van der Waals surface area (Å²) in [4.78, 5) is 24.0. The Bertz CT molecular complexity index is 365. The summed E-state index contributed by atoms with van der Waals surface area (Å²) in [5, 5.41) is 5.56. The Morgan fingerprint density at radius 1 is 1.09 bits per heavy atom. The van der Waals surface area contributed by atoms with Crippen molar-refractivity contribution in [2.75, 3.05) is 13.2 Å². The minimum atomic E-state index is -0.547. The summed E-state index contributed by atoms with van der Waals surface area (Å²) in [6.45, 7) is 11.2. The number of ether oxygens (including phenoxy) is 1. The Hall–Kier alpha value is -1.52. The first-order valence-corrected chi connectivity index (χ1v) is 8.72. The fraction of sp³-hybridized carbons (Fsp3) is 0.778. The van der Waals surface area contributed by atoms with Gasteiger partial charge in [0.1, 0.15) is 12.6 Å². The van der Waals surface area contributed by atoms with E-state index in [9.17, 15) is 9.59 Å². The molecule has 5 nitrogen and oxygen atoms in total. The maximum absolute atomic E-state index is 12.2. The molecule has 0 aromatic heterocycles. The Labute approximate surface area is 141 Å². The topological polar surface area (TPSA) is 67.4 Å². The number of unbranched alkanes of at least 4 members (excludes halogenated alkanes) is 1. The van der Waals surface area contributed by atoms with Gasteiger partial charge in [0, 0.05) is 6.54 Å². The summed E-state index contributed by atoms with van der Waals surface area (Å²) >= 11 is 0. The molecule has 134 valence electrons. The highest BCUT2D eigenvalue weighted by atomic mass is 16.5. The van der Waals surface area contributed by atoms with Crippen molar-refractivity contribution in [1.29, 1.82) is 0 Å². The molecule has 5 heteroatoms. The van der Waals surface area contributed by atoms with Gasteiger partial charge in [0.2, 0.25) is 5.91 Å². The van der Waals surface area contributed by atoms with E-state index in [-0.39, 0.29) is 12.5 Å². The van der Waals surface area contributed by atoms with Gasteiger partial charge >= 0.3 is 6.09 Å². The maximum Gasteiger partial charge on any atom is 0.408 e. The van der Waals surface area contributed by atoms with Crippen molar-refractivity contribution in [2.45, 2.75) is 66.3 Å². The number of carbonyl (C=O) groups excluding carboxylic acids is 2. The summed E-state index contributed by atoms with van der Waals surface area (Å²) in [5.41, 5.74) is 0. The highest BCUT2D eigenvalue weighted by Gasteiger charge is 2.22. The lowest BCUT2D eigenvalue weighted by atomic mass is 10.0. The van der Waals surface area contributed by atoms with Gasteiger partial charge in [0.05, 0.1) is 0 Å². The lowest BCUT2D eigenvalue weighted by Crippen LogP contribution is -2.47. The molecule has 23 heavy (non-hydrogen) atoms. The molecule has 0 aliphatic carbocycles. The summed E-state index contributed by atoms with van der Waals surface area (Å²) in [5.74, 6) is 0.699. The predicted octanol–water partition coefficient (Wildman–Crippen LogP) is 3.65. The Kier molecular flexibility index (Phi) is 12.1. The van der Waals surface area contributed by atoms with Crippen LogP contribution < -0.4 is 10.6 Å². The van der Waals surface area contributed by atoms with Crippen molar-refractivity contribution in [1.82, 2.24) is 10.6 Å². The molecule has 0 aliphatic heterocycles. The van der Waals surface area contributed by atoms with Crippen LogP contribution in [0.4, 0.5) is 4.79 Å². The molecule has 0 saturated heterocycles. The van der Waals surface area contributed by atoms with Crippen LogP contribution >= 0.6 is 0 Å². The van der Waals surface area contributed by atoms with Crippen molar-refractivity contribution in [3.05, 3.63) is 12.2 Å². The molecule has 0 spiro atoms. The zero-order valence-corrected chi connectivity index (χ0v) is 15.4. The summed E-state index contributed by atoms with van der Waals surface area (Å²) in [6.07, 6.45) is 6.81. The number of alkyl carbamates (subject to hydrolysis) is 1. The van der Waals surface area contributed by atoms with Crippen molar-refractivity contribution >= 4 is 12.0 Å². The lowest BCUT2D eigenvalue weighted by molar-refractivity contribution is -0.123. The van der Waals surface area contributed by atoms with E-state index >= 15 is 0 Å². The third-order valence-corrected chi connectivity index (χ3v) is 3.27. The standard InChI is InChI=1S/C18H34N2O3/c1-6-7-8-9-12-23-18(22)20-16(13-15(4)5)17(21)19-11-10-14(2)3/h8-9,14-16H,6-7,10-13H2,1-5H3,(H,19,21)(H,20,22)/t16-/m0/s1. The van der Waals surface area contributed by atoms with Crippen LogP contribution in [0, 0.1) is 11.8 Å². The van der Waals surface area contributed by atoms with Crippen LogP contribution in [0.3, 0.4) is 0 Å². The molecule has 0 rings (SSSR count). The van der Waals surface area contributed by atoms with Gasteiger partial charge in [0.15, 0.2) is 0 Å². The number of hydrogen-bond acceptors (Lipinski definition) is 3. The molecule has 0 aromatic rings. The van der Waals surface area contributed by atoms with Crippen LogP contribution in [0.2, 0.25) is 0 Å². The van der Waals surface area contributed by atoms with E-state index in [1.165, 1.54) is 0 Å².